The fourth-order valence-electron chi connectivity index (χ4n) is 2.34. The van der Waals surface area contributed by atoms with E-state index in [2.05, 4.69) is 30.2 Å². The maximum atomic E-state index is 9.29. The number of rotatable bonds is 1. The minimum atomic E-state index is -0.347. The predicted molar refractivity (Wildman–Crippen MR) is 63.8 cm³/mol. The molecule has 0 spiro atoms. The highest BCUT2D eigenvalue weighted by Crippen LogP contribution is 2.40. The highest BCUT2D eigenvalue weighted by molar-refractivity contribution is 5.89. The Morgan fingerprint density at radius 1 is 1.38 bits per heavy atom. The van der Waals surface area contributed by atoms with Crippen molar-refractivity contribution in [3.05, 3.63) is 35.9 Å². The van der Waals surface area contributed by atoms with E-state index in [1.807, 2.05) is 37.2 Å². The molecule has 82 valence electrons. The molecule has 2 unspecified atom stereocenters. The summed E-state index contributed by atoms with van der Waals surface area (Å²) in [6.45, 7) is 3.98. The summed E-state index contributed by atoms with van der Waals surface area (Å²) in [5.74, 6) is -0.181. The van der Waals surface area contributed by atoms with Crippen LogP contribution in [0.25, 0.3) is 0 Å². The van der Waals surface area contributed by atoms with Gasteiger partial charge in [0.2, 0.25) is 0 Å². The van der Waals surface area contributed by atoms with Crippen LogP contribution in [0, 0.1) is 17.2 Å². The predicted octanol–water partition coefficient (Wildman–Crippen LogP) is 2.36. The molecule has 0 saturated carbocycles. The van der Waals surface area contributed by atoms with Crippen LogP contribution in [0.1, 0.15) is 19.4 Å². The van der Waals surface area contributed by atoms with E-state index in [-0.39, 0.29) is 11.5 Å². The fraction of sp³-hybridized carbons (Fsp3) is 0.385. The molecule has 0 N–H and O–H groups in total. The van der Waals surface area contributed by atoms with E-state index in [4.69, 9.17) is 0 Å². The van der Waals surface area contributed by atoms with Gasteiger partial charge in [-0.05, 0) is 19.4 Å². The molecule has 0 amide bonds. The molecule has 1 aromatic carbocycles. The van der Waals surface area contributed by atoms with Crippen LogP contribution in [0.3, 0.4) is 0 Å². The lowest BCUT2D eigenvalue weighted by molar-refractivity contribution is 0.150. The molecule has 0 aromatic heterocycles. The number of hydrogen-bond donors (Lipinski definition) is 0. The van der Waals surface area contributed by atoms with Crippen LogP contribution in [0.2, 0.25) is 0 Å². The normalized spacial score (nSPS) is 28.8. The Labute approximate surface area is 96.0 Å². The Hall–Kier alpha value is -1.82. The maximum absolute atomic E-state index is 9.29. The second kappa shape index (κ2) is 3.64. The molecule has 1 aliphatic heterocycles. The van der Waals surface area contributed by atoms with E-state index < -0.39 is 0 Å². The maximum Gasteiger partial charge on any atom is 0.115 e. The molecule has 1 aliphatic rings. The zero-order valence-electron chi connectivity index (χ0n) is 9.81. The second-order valence-corrected chi connectivity index (χ2v) is 4.34. The van der Waals surface area contributed by atoms with Gasteiger partial charge in [-0.25, -0.2) is 0 Å². The standard InChI is InChI=1S/C13H15N3/c1-10-12(9-14)13(2,16(3)15-10)11-7-5-4-6-8-11/h4-8,12H,1-3H3. The molecule has 0 aliphatic carbocycles. The fourth-order valence-corrected chi connectivity index (χ4v) is 2.34. The Bertz CT molecular complexity index is 458. The molecule has 0 fully saturated rings. The second-order valence-electron chi connectivity index (χ2n) is 4.34. The number of benzene rings is 1. The molecule has 0 radical (unpaired) electrons. The van der Waals surface area contributed by atoms with Crippen LogP contribution in [-0.4, -0.2) is 17.8 Å². The number of hydrogen-bond acceptors (Lipinski definition) is 3. The van der Waals surface area contributed by atoms with Crippen molar-refractivity contribution in [1.82, 2.24) is 5.01 Å². The Morgan fingerprint density at radius 3 is 2.56 bits per heavy atom. The van der Waals surface area contributed by atoms with Gasteiger partial charge in [-0.3, -0.25) is 5.01 Å². The first-order chi connectivity index (χ1) is 7.60. The molecular formula is C13H15N3. The molecule has 3 heteroatoms. The van der Waals surface area contributed by atoms with Crippen LogP contribution < -0.4 is 0 Å². The molecule has 16 heavy (non-hydrogen) atoms. The molecule has 0 saturated heterocycles. The average Bonchev–Trinajstić information content (AvgIpc) is 2.52. The quantitative estimate of drug-likeness (QED) is 0.718. The summed E-state index contributed by atoms with van der Waals surface area (Å²) in [6, 6.07) is 12.4. The third kappa shape index (κ3) is 1.30. The van der Waals surface area contributed by atoms with Crippen LogP contribution in [0.15, 0.2) is 35.4 Å². The third-order valence-electron chi connectivity index (χ3n) is 3.45. The van der Waals surface area contributed by atoms with Gasteiger partial charge in [0.25, 0.3) is 0 Å². The first kappa shape index (κ1) is 10.7. The average molecular weight is 213 g/mol. The summed E-state index contributed by atoms with van der Waals surface area (Å²) in [7, 11) is 1.92. The Balaban J connectivity index is 2.51. The zero-order chi connectivity index (χ0) is 11.8. The van der Waals surface area contributed by atoms with E-state index in [1.54, 1.807) is 0 Å². The topological polar surface area (TPSA) is 39.4 Å². The van der Waals surface area contributed by atoms with Crippen molar-refractivity contribution in [3.63, 3.8) is 0 Å². The van der Waals surface area contributed by atoms with Gasteiger partial charge in [0.05, 0.1) is 11.8 Å². The Kier molecular flexibility index (Phi) is 2.43. The molecule has 3 nitrogen and oxygen atoms in total. The summed E-state index contributed by atoms with van der Waals surface area (Å²) in [5, 5.41) is 15.6. The van der Waals surface area contributed by atoms with E-state index in [9.17, 15) is 5.26 Å². The van der Waals surface area contributed by atoms with E-state index in [0.29, 0.717) is 0 Å². The SMILES string of the molecule is CC1=NN(C)C(C)(c2ccccc2)C1C#N. The number of nitriles is 1. The van der Waals surface area contributed by atoms with E-state index >= 15 is 0 Å². The summed E-state index contributed by atoms with van der Waals surface area (Å²) in [4.78, 5) is 0. The smallest absolute Gasteiger partial charge is 0.115 e. The molecular weight excluding hydrogens is 198 g/mol. The third-order valence-corrected chi connectivity index (χ3v) is 3.45. The summed E-state index contributed by atoms with van der Waals surface area (Å²) in [6.07, 6.45) is 0. The molecule has 0 bridgehead atoms. The van der Waals surface area contributed by atoms with Crippen molar-refractivity contribution in [2.45, 2.75) is 19.4 Å². The van der Waals surface area contributed by atoms with Gasteiger partial charge < -0.3 is 0 Å². The lowest BCUT2D eigenvalue weighted by atomic mass is 9.79. The van der Waals surface area contributed by atoms with Gasteiger partial charge in [-0.1, -0.05) is 30.3 Å². The van der Waals surface area contributed by atoms with Crippen molar-refractivity contribution in [3.8, 4) is 6.07 Å². The minimum absolute atomic E-state index is 0.181. The first-order valence-electron chi connectivity index (χ1n) is 5.34. The van der Waals surface area contributed by atoms with Crippen LogP contribution >= 0.6 is 0 Å². The number of hydrazone groups is 1. The van der Waals surface area contributed by atoms with Gasteiger partial charge >= 0.3 is 0 Å². The summed E-state index contributed by atoms with van der Waals surface area (Å²) >= 11 is 0. The largest absolute Gasteiger partial charge is 0.288 e. The summed E-state index contributed by atoms with van der Waals surface area (Å²) in [5.41, 5.74) is 1.67. The lowest BCUT2D eigenvalue weighted by Crippen LogP contribution is -2.40. The molecule has 2 atom stereocenters. The van der Waals surface area contributed by atoms with Crippen molar-refractivity contribution >= 4 is 5.71 Å². The lowest BCUT2D eigenvalue weighted by Gasteiger charge is -2.34. The van der Waals surface area contributed by atoms with E-state index in [1.165, 1.54) is 0 Å². The number of nitrogens with zero attached hydrogens (tertiary/aromatic N) is 3. The molecule has 2 rings (SSSR count). The van der Waals surface area contributed by atoms with Gasteiger partial charge in [-0.2, -0.15) is 10.4 Å². The Morgan fingerprint density at radius 2 is 2.00 bits per heavy atom. The van der Waals surface area contributed by atoms with Gasteiger partial charge in [-0.15, -0.1) is 0 Å². The molecule has 1 aromatic rings. The van der Waals surface area contributed by atoms with Gasteiger partial charge in [0.15, 0.2) is 0 Å². The van der Waals surface area contributed by atoms with Crippen LogP contribution in [0.4, 0.5) is 0 Å². The highest BCUT2D eigenvalue weighted by Gasteiger charge is 2.46. The van der Waals surface area contributed by atoms with Gasteiger partial charge in [0.1, 0.15) is 11.5 Å². The van der Waals surface area contributed by atoms with Gasteiger partial charge in [0, 0.05) is 7.05 Å². The monoisotopic (exact) mass is 213 g/mol. The highest BCUT2D eigenvalue weighted by atomic mass is 15.5. The van der Waals surface area contributed by atoms with E-state index in [0.717, 1.165) is 11.3 Å². The van der Waals surface area contributed by atoms with Crippen molar-refractivity contribution < 1.29 is 0 Å². The van der Waals surface area contributed by atoms with Crippen LogP contribution in [-0.2, 0) is 5.54 Å². The van der Waals surface area contributed by atoms with Crippen molar-refractivity contribution in [2.24, 2.45) is 11.0 Å². The minimum Gasteiger partial charge on any atom is -0.288 e. The van der Waals surface area contributed by atoms with Crippen molar-refractivity contribution in [1.29, 1.82) is 5.26 Å². The van der Waals surface area contributed by atoms with Crippen molar-refractivity contribution in [2.75, 3.05) is 7.05 Å². The molecule has 1 heterocycles. The zero-order valence-corrected chi connectivity index (χ0v) is 9.81. The van der Waals surface area contributed by atoms with Crippen LogP contribution in [0.5, 0.6) is 0 Å². The first-order valence-corrected chi connectivity index (χ1v) is 5.34. The summed E-state index contributed by atoms with van der Waals surface area (Å²) < 4.78 is 0.